The van der Waals surface area contributed by atoms with E-state index in [9.17, 15) is 4.79 Å². The van der Waals surface area contributed by atoms with Crippen LogP contribution in [0.3, 0.4) is 0 Å². The molecule has 0 spiro atoms. The van der Waals surface area contributed by atoms with Gasteiger partial charge in [-0.25, -0.2) is 4.98 Å². The van der Waals surface area contributed by atoms with Gasteiger partial charge in [-0.2, -0.15) is 5.10 Å². The molecule has 3 heterocycles. The summed E-state index contributed by atoms with van der Waals surface area (Å²) in [6.07, 6.45) is 3.09. The summed E-state index contributed by atoms with van der Waals surface area (Å²) in [5, 5.41) is 7.65. The average molecular weight is 333 g/mol. The fourth-order valence-corrected chi connectivity index (χ4v) is 3.23. The molecule has 25 heavy (non-hydrogen) atoms. The molecule has 6 heteroatoms. The third-order valence-electron chi connectivity index (χ3n) is 4.58. The van der Waals surface area contributed by atoms with Gasteiger partial charge in [0.25, 0.3) is 5.91 Å². The quantitative estimate of drug-likeness (QED) is 0.753. The summed E-state index contributed by atoms with van der Waals surface area (Å²) in [4.78, 5) is 18.6. The Hall–Kier alpha value is -3.15. The normalized spacial score (nSPS) is 14.0. The lowest BCUT2D eigenvalue weighted by atomic mass is 10.0. The van der Waals surface area contributed by atoms with Gasteiger partial charge in [0.2, 0.25) is 0 Å². The van der Waals surface area contributed by atoms with Gasteiger partial charge in [-0.15, -0.1) is 0 Å². The van der Waals surface area contributed by atoms with Crippen molar-refractivity contribution in [2.24, 2.45) is 0 Å². The van der Waals surface area contributed by atoms with Crippen molar-refractivity contribution in [2.45, 2.75) is 12.8 Å². The van der Waals surface area contributed by atoms with Gasteiger partial charge >= 0.3 is 0 Å². The molecular formula is C19H19N5O. The first-order valence-corrected chi connectivity index (χ1v) is 8.35. The number of nitrogens with one attached hydrogen (secondary N) is 1. The zero-order valence-electron chi connectivity index (χ0n) is 13.8. The maximum atomic E-state index is 12.7. The van der Waals surface area contributed by atoms with Crippen LogP contribution in [-0.4, -0.2) is 39.1 Å². The fourth-order valence-electron chi connectivity index (χ4n) is 3.23. The van der Waals surface area contributed by atoms with E-state index >= 15 is 0 Å². The van der Waals surface area contributed by atoms with Crippen LogP contribution in [0.2, 0.25) is 0 Å². The highest BCUT2D eigenvalue weighted by Gasteiger charge is 2.23. The highest BCUT2D eigenvalue weighted by atomic mass is 16.2. The van der Waals surface area contributed by atoms with Gasteiger partial charge in [-0.05, 0) is 18.6 Å². The lowest BCUT2D eigenvalue weighted by Crippen LogP contribution is -2.33. The average Bonchev–Trinajstić information content (AvgIpc) is 2.94. The number of rotatable bonds is 2. The number of carbonyl (C=O) groups excluding carboxylic acids is 1. The van der Waals surface area contributed by atoms with Crippen LogP contribution in [0.25, 0.3) is 11.3 Å². The molecule has 0 fully saturated rings. The van der Waals surface area contributed by atoms with Crippen molar-refractivity contribution < 1.29 is 4.79 Å². The Bertz CT molecular complexity index is 886. The Morgan fingerprint density at radius 2 is 1.88 bits per heavy atom. The molecule has 0 radical (unpaired) electrons. The summed E-state index contributed by atoms with van der Waals surface area (Å²) in [5.41, 5.74) is 10.6. The number of hydrogen-bond donors (Lipinski definition) is 2. The van der Waals surface area contributed by atoms with Crippen molar-refractivity contribution >= 4 is 11.7 Å². The van der Waals surface area contributed by atoms with E-state index in [-0.39, 0.29) is 5.91 Å². The number of aromatic nitrogens is 3. The van der Waals surface area contributed by atoms with Crippen molar-refractivity contribution in [1.29, 1.82) is 0 Å². The van der Waals surface area contributed by atoms with Gasteiger partial charge in [-0.1, -0.05) is 30.3 Å². The molecule has 2 aromatic heterocycles. The van der Waals surface area contributed by atoms with E-state index in [4.69, 9.17) is 5.73 Å². The number of nitrogen functional groups attached to an aromatic ring is 1. The summed E-state index contributed by atoms with van der Waals surface area (Å²) in [7, 11) is 0. The summed E-state index contributed by atoms with van der Waals surface area (Å²) in [6, 6.07) is 13.5. The van der Waals surface area contributed by atoms with E-state index in [1.165, 1.54) is 5.56 Å². The monoisotopic (exact) mass is 333 g/mol. The number of anilines is 1. The van der Waals surface area contributed by atoms with Gasteiger partial charge < -0.3 is 10.6 Å². The number of aromatic amines is 1. The Kier molecular flexibility index (Phi) is 3.93. The SMILES string of the molecule is Nc1ccc(C(=O)N2CCc3[nH]nc(-c4ccccc4)c3CC2)cn1. The molecule has 1 aliphatic rings. The Morgan fingerprint density at radius 1 is 1.08 bits per heavy atom. The van der Waals surface area contributed by atoms with Crippen LogP contribution in [0.15, 0.2) is 48.7 Å². The summed E-state index contributed by atoms with van der Waals surface area (Å²) < 4.78 is 0. The molecule has 4 rings (SSSR count). The second kappa shape index (κ2) is 6.39. The number of amides is 1. The van der Waals surface area contributed by atoms with Crippen molar-refractivity contribution in [3.63, 3.8) is 0 Å². The predicted molar refractivity (Wildman–Crippen MR) is 96.0 cm³/mol. The van der Waals surface area contributed by atoms with Crippen molar-refractivity contribution in [3.8, 4) is 11.3 Å². The molecular weight excluding hydrogens is 314 g/mol. The van der Waals surface area contributed by atoms with E-state index in [2.05, 4.69) is 27.3 Å². The third kappa shape index (κ3) is 2.98. The minimum atomic E-state index is -0.00752. The number of hydrogen-bond acceptors (Lipinski definition) is 4. The number of nitrogens with zero attached hydrogens (tertiary/aromatic N) is 3. The smallest absolute Gasteiger partial charge is 0.255 e. The minimum absolute atomic E-state index is 0.00752. The van der Waals surface area contributed by atoms with Gasteiger partial charge in [0.05, 0.1) is 11.3 Å². The highest BCUT2D eigenvalue weighted by molar-refractivity contribution is 5.94. The number of carbonyl (C=O) groups is 1. The zero-order valence-corrected chi connectivity index (χ0v) is 13.8. The molecule has 0 saturated heterocycles. The number of benzene rings is 1. The van der Waals surface area contributed by atoms with Crippen LogP contribution in [-0.2, 0) is 12.8 Å². The molecule has 3 aromatic rings. The van der Waals surface area contributed by atoms with Crippen LogP contribution in [0.1, 0.15) is 21.6 Å². The van der Waals surface area contributed by atoms with Crippen molar-refractivity contribution in [1.82, 2.24) is 20.1 Å². The van der Waals surface area contributed by atoms with Gasteiger partial charge in [-0.3, -0.25) is 9.89 Å². The molecule has 3 N–H and O–H groups in total. The van der Waals surface area contributed by atoms with Gasteiger partial charge in [0.1, 0.15) is 5.82 Å². The molecule has 1 aromatic carbocycles. The molecule has 0 aliphatic carbocycles. The van der Waals surface area contributed by atoms with Crippen molar-refractivity contribution in [3.05, 3.63) is 65.5 Å². The first-order valence-electron chi connectivity index (χ1n) is 8.35. The first kappa shape index (κ1) is 15.4. The van der Waals surface area contributed by atoms with Crippen LogP contribution in [0.5, 0.6) is 0 Å². The maximum absolute atomic E-state index is 12.7. The van der Waals surface area contributed by atoms with E-state index in [1.54, 1.807) is 18.3 Å². The highest BCUT2D eigenvalue weighted by Crippen LogP contribution is 2.26. The predicted octanol–water partition coefficient (Wildman–Crippen LogP) is 2.29. The summed E-state index contributed by atoms with van der Waals surface area (Å²) >= 11 is 0. The topological polar surface area (TPSA) is 87.9 Å². The molecule has 0 unspecified atom stereocenters. The van der Waals surface area contributed by atoms with E-state index in [0.29, 0.717) is 24.5 Å². The van der Waals surface area contributed by atoms with Crippen LogP contribution < -0.4 is 5.73 Å². The van der Waals surface area contributed by atoms with Gasteiger partial charge in [0, 0.05) is 42.5 Å². The number of pyridine rings is 1. The van der Waals surface area contributed by atoms with E-state index < -0.39 is 0 Å². The van der Waals surface area contributed by atoms with Crippen LogP contribution >= 0.6 is 0 Å². The Balaban J connectivity index is 1.55. The molecule has 1 aliphatic heterocycles. The van der Waals surface area contributed by atoms with Crippen LogP contribution in [0, 0.1) is 0 Å². The largest absolute Gasteiger partial charge is 0.384 e. The Morgan fingerprint density at radius 3 is 2.64 bits per heavy atom. The molecule has 6 nitrogen and oxygen atoms in total. The molecule has 0 saturated carbocycles. The molecule has 1 amide bonds. The van der Waals surface area contributed by atoms with Gasteiger partial charge in [0.15, 0.2) is 0 Å². The second-order valence-corrected chi connectivity index (χ2v) is 6.16. The third-order valence-corrected chi connectivity index (χ3v) is 4.58. The zero-order chi connectivity index (χ0) is 17.2. The maximum Gasteiger partial charge on any atom is 0.255 e. The fraction of sp³-hybridized carbons (Fsp3) is 0.211. The summed E-state index contributed by atoms with van der Waals surface area (Å²) in [5.74, 6) is 0.410. The van der Waals surface area contributed by atoms with E-state index in [0.717, 1.165) is 29.8 Å². The van der Waals surface area contributed by atoms with Crippen LogP contribution in [0.4, 0.5) is 5.82 Å². The number of fused-ring (bicyclic) bond motifs is 1. The molecule has 0 atom stereocenters. The lowest BCUT2D eigenvalue weighted by molar-refractivity contribution is 0.0762. The number of nitrogens with two attached hydrogens (primary N) is 1. The molecule has 126 valence electrons. The van der Waals surface area contributed by atoms with Crippen molar-refractivity contribution in [2.75, 3.05) is 18.8 Å². The standard InChI is InChI=1S/C19H19N5O/c20-17-7-6-14(12-21-17)19(25)24-10-8-15-16(9-11-24)22-23-18(15)13-4-2-1-3-5-13/h1-7,12H,8-11H2,(H2,20,21)(H,22,23). The lowest BCUT2D eigenvalue weighted by Gasteiger charge is -2.20. The first-order chi connectivity index (χ1) is 12.2. The summed E-state index contributed by atoms with van der Waals surface area (Å²) in [6.45, 7) is 1.32. The number of H-pyrrole nitrogens is 1. The molecule has 0 bridgehead atoms. The minimum Gasteiger partial charge on any atom is -0.384 e. The Labute approximate surface area is 145 Å². The van der Waals surface area contributed by atoms with E-state index in [1.807, 2.05) is 23.1 Å². The second-order valence-electron chi connectivity index (χ2n) is 6.16.